The molecule has 10 heteroatoms. The highest BCUT2D eigenvalue weighted by atomic mass is 35.5. The Kier molecular flexibility index (Phi) is 11.7. The first-order valence-electron chi connectivity index (χ1n) is 14.7. The van der Waals surface area contributed by atoms with Crippen LogP contribution in [0.4, 0.5) is 5.82 Å². The molecule has 2 fully saturated rings. The lowest BCUT2D eigenvalue weighted by molar-refractivity contribution is 0.0374. The molecular weight excluding hydrogens is 568 g/mol. The number of piperazine rings is 1. The van der Waals surface area contributed by atoms with E-state index in [2.05, 4.69) is 61.4 Å². The fraction of sp³-hybridized carbons (Fsp3) is 0.406. The minimum atomic E-state index is -0.0358. The number of hydrogen-bond donors (Lipinski definition) is 1. The third-order valence-corrected chi connectivity index (χ3v) is 8.57. The zero-order valence-electron chi connectivity index (χ0n) is 24.0. The molecule has 2 aliphatic heterocycles. The molecule has 0 unspecified atom stereocenters. The van der Waals surface area contributed by atoms with E-state index in [4.69, 9.17) is 21.3 Å². The van der Waals surface area contributed by atoms with Crippen LogP contribution < -0.4 is 10.2 Å². The summed E-state index contributed by atoms with van der Waals surface area (Å²) < 4.78 is 5.38. The van der Waals surface area contributed by atoms with Crippen LogP contribution >= 0.6 is 23.4 Å². The summed E-state index contributed by atoms with van der Waals surface area (Å²) in [5, 5.41) is 4.15. The standard InChI is InChI=1S/C32H39ClN6O2S/c33-29-24-30(39-18-16-37(17-19-39)14-4-8-26-6-2-1-3-7-26)36-32(35-29)42-25-27-9-11-28(12-10-27)31(40)34-13-5-15-38-20-22-41-23-21-38/h1-4,6-12,24H,5,13-23,25H2,(H,34,40)/b8-4+. The molecule has 0 spiro atoms. The molecule has 5 rings (SSSR count). The molecule has 0 bridgehead atoms. The maximum absolute atomic E-state index is 12.5. The van der Waals surface area contributed by atoms with Crippen molar-refractivity contribution in [3.05, 3.63) is 88.6 Å². The Balaban J connectivity index is 1.05. The smallest absolute Gasteiger partial charge is 0.251 e. The van der Waals surface area contributed by atoms with Gasteiger partial charge in [-0.1, -0.05) is 78.0 Å². The summed E-state index contributed by atoms with van der Waals surface area (Å²) >= 11 is 7.95. The topological polar surface area (TPSA) is 73.8 Å². The molecule has 2 aliphatic rings. The molecule has 0 atom stereocenters. The number of halogens is 1. The molecule has 42 heavy (non-hydrogen) atoms. The normalized spacial score (nSPS) is 16.6. The lowest BCUT2D eigenvalue weighted by Gasteiger charge is -2.35. The van der Waals surface area contributed by atoms with Crippen LogP contribution in [0.2, 0.25) is 5.15 Å². The van der Waals surface area contributed by atoms with E-state index >= 15 is 0 Å². The van der Waals surface area contributed by atoms with E-state index in [0.29, 0.717) is 28.2 Å². The molecule has 1 amide bonds. The summed E-state index contributed by atoms with van der Waals surface area (Å²) in [6.45, 7) is 9.86. The van der Waals surface area contributed by atoms with Crippen molar-refractivity contribution in [3.8, 4) is 0 Å². The Bertz CT molecular complexity index is 1300. The van der Waals surface area contributed by atoms with Crippen LogP contribution in [0, 0.1) is 0 Å². The van der Waals surface area contributed by atoms with Crippen molar-refractivity contribution in [1.82, 2.24) is 25.1 Å². The van der Waals surface area contributed by atoms with E-state index in [0.717, 1.165) is 83.4 Å². The first-order valence-corrected chi connectivity index (χ1v) is 16.0. The minimum Gasteiger partial charge on any atom is -0.379 e. The molecule has 2 aromatic carbocycles. The molecule has 0 saturated carbocycles. The van der Waals surface area contributed by atoms with Crippen LogP contribution in [0.3, 0.4) is 0 Å². The van der Waals surface area contributed by atoms with Gasteiger partial charge in [-0.15, -0.1) is 0 Å². The van der Waals surface area contributed by atoms with E-state index in [1.807, 2.05) is 36.4 Å². The van der Waals surface area contributed by atoms with Crippen molar-refractivity contribution in [3.63, 3.8) is 0 Å². The van der Waals surface area contributed by atoms with Gasteiger partial charge in [-0.05, 0) is 36.2 Å². The minimum absolute atomic E-state index is 0.0358. The second-order valence-corrected chi connectivity index (χ2v) is 11.8. The van der Waals surface area contributed by atoms with Gasteiger partial charge in [0.2, 0.25) is 0 Å². The SMILES string of the molecule is O=C(NCCCN1CCOCC1)c1ccc(CSc2nc(Cl)cc(N3CCN(C/C=C/c4ccccc4)CC3)n2)cc1. The fourth-order valence-corrected chi connectivity index (χ4v) is 6.04. The highest BCUT2D eigenvalue weighted by Gasteiger charge is 2.19. The molecule has 8 nitrogen and oxygen atoms in total. The van der Waals surface area contributed by atoms with E-state index in [9.17, 15) is 4.79 Å². The number of benzene rings is 2. The quantitative estimate of drug-likeness (QED) is 0.138. The maximum Gasteiger partial charge on any atom is 0.251 e. The largest absolute Gasteiger partial charge is 0.379 e. The number of nitrogens with zero attached hydrogens (tertiary/aromatic N) is 5. The van der Waals surface area contributed by atoms with Gasteiger partial charge in [-0.2, -0.15) is 0 Å². The number of ether oxygens (including phenoxy) is 1. The number of aromatic nitrogens is 2. The number of nitrogens with one attached hydrogen (secondary N) is 1. The Labute approximate surface area is 258 Å². The Hall–Kier alpha value is -2.95. The van der Waals surface area contributed by atoms with Gasteiger partial charge in [-0.3, -0.25) is 14.6 Å². The number of carbonyl (C=O) groups excluding carboxylic acids is 1. The maximum atomic E-state index is 12.5. The first-order chi connectivity index (χ1) is 20.6. The number of anilines is 1. The first kappa shape index (κ1) is 30.5. The van der Waals surface area contributed by atoms with E-state index < -0.39 is 0 Å². The third-order valence-electron chi connectivity index (χ3n) is 7.46. The van der Waals surface area contributed by atoms with Crippen molar-refractivity contribution in [1.29, 1.82) is 0 Å². The number of thioether (sulfide) groups is 1. The molecule has 2 saturated heterocycles. The zero-order valence-corrected chi connectivity index (χ0v) is 25.5. The second kappa shape index (κ2) is 16.0. The molecule has 3 aromatic rings. The average Bonchev–Trinajstić information content (AvgIpc) is 3.03. The lowest BCUT2D eigenvalue weighted by atomic mass is 10.1. The fourth-order valence-electron chi connectivity index (χ4n) is 5.01. The van der Waals surface area contributed by atoms with Crippen LogP contribution in [0.25, 0.3) is 6.08 Å². The Morgan fingerprint density at radius 1 is 0.952 bits per heavy atom. The molecule has 3 heterocycles. The van der Waals surface area contributed by atoms with Gasteiger partial charge in [-0.25, -0.2) is 9.97 Å². The number of amides is 1. The van der Waals surface area contributed by atoms with E-state index in [-0.39, 0.29) is 5.91 Å². The zero-order chi connectivity index (χ0) is 29.0. The number of morpholine rings is 1. The number of carbonyl (C=O) groups is 1. The summed E-state index contributed by atoms with van der Waals surface area (Å²) in [6.07, 6.45) is 5.34. The van der Waals surface area contributed by atoms with Crippen molar-refractivity contribution in [2.24, 2.45) is 0 Å². The lowest BCUT2D eigenvalue weighted by Crippen LogP contribution is -2.46. The molecule has 1 N–H and O–H groups in total. The van der Waals surface area contributed by atoms with E-state index in [1.165, 1.54) is 5.56 Å². The monoisotopic (exact) mass is 606 g/mol. The van der Waals surface area contributed by atoms with Crippen LogP contribution in [0.15, 0.2) is 71.9 Å². The average molecular weight is 607 g/mol. The Morgan fingerprint density at radius 3 is 2.48 bits per heavy atom. The molecule has 222 valence electrons. The highest BCUT2D eigenvalue weighted by molar-refractivity contribution is 7.98. The van der Waals surface area contributed by atoms with Crippen LogP contribution in [-0.4, -0.2) is 97.8 Å². The van der Waals surface area contributed by atoms with Crippen molar-refractivity contribution in [2.45, 2.75) is 17.3 Å². The predicted octanol–water partition coefficient (Wildman–Crippen LogP) is 4.71. The van der Waals surface area contributed by atoms with Crippen molar-refractivity contribution >= 4 is 41.2 Å². The summed E-state index contributed by atoms with van der Waals surface area (Å²) in [5.74, 6) is 1.53. The second-order valence-electron chi connectivity index (χ2n) is 10.5. The molecular formula is C32H39ClN6O2S. The van der Waals surface area contributed by atoms with Crippen molar-refractivity contribution in [2.75, 3.05) is 77.0 Å². The van der Waals surface area contributed by atoms with Gasteiger partial charge in [0.25, 0.3) is 5.91 Å². The predicted molar refractivity (Wildman–Crippen MR) is 171 cm³/mol. The van der Waals surface area contributed by atoms with Gasteiger partial charge in [0.15, 0.2) is 5.16 Å². The summed E-state index contributed by atoms with van der Waals surface area (Å²) in [7, 11) is 0. The third kappa shape index (κ3) is 9.54. The molecule has 0 radical (unpaired) electrons. The summed E-state index contributed by atoms with van der Waals surface area (Å²) in [4.78, 5) is 28.9. The van der Waals surface area contributed by atoms with Gasteiger partial charge < -0.3 is 15.0 Å². The Morgan fingerprint density at radius 2 is 1.71 bits per heavy atom. The van der Waals surface area contributed by atoms with Crippen LogP contribution in [0.1, 0.15) is 27.9 Å². The molecule has 1 aromatic heterocycles. The summed E-state index contributed by atoms with van der Waals surface area (Å²) in [5.41, 5.74) is 3.00. The van der Waals surface area contributed by atoms with Crippen LogP contribution in [0.5, 0.6) is 0 Å². The highest BCUT2D eigenvalue weighted by Crippen LogP contribution is 2.25. The van der Waals surface area contributed by atoms with Gasteiger partial charge >= 0.3 is 0 Å². The van der Waals surface area contributed by atoms with Gasteiger partial charge in [0.1, 0.15) is 11.0 Å². The molecule has 0 aliphatic carbocycles. The van der Waals surface area contributed by atoms with Gasteiger partial charge in [0.05, 0.1) is 13.2 Å². The van der Waals surface area contributed by atoms with Crippen molar-refractivity contribution < 1.29 is 9.53 Å². The number of rotatable bonds is 12. The van der Waals surface area contributed by atoms with Gasteiger partial charge in [0, 0.05) is 69.7 Å². The summed E-state index contributed by atoms with van der Waals surface area (Å²) in [6, 6.07) is 20.0. The van der Waals surface area contributed by atoms with E-state index in [1.54, 1.807) is 11.8 Å². The number of hydrogen-bond acceptors (Lipinski definition) is 8. The van der Waals surface area contributed by atoms with Crippen LogP contribution in [-0.2, 0) is 10.5 Å².